The summed E-state index contributed by atoms with van der Waals surface area (Å²) in [5, 5.41) is 14.9. The Bertz CT molecular complexity index is 1280. The van der Waals surface area contributed by atoms with Crippen LogP contribution in [-0.2, 0) is 0 Å². The summed E-state index contributed by atoms with van der Waals surface area (Å²) in [6.07, 6.45) is 2.24. The molecule has 9 nitrogen and oxygen atoms in total. The number of hydrogen-bond acceptors (Lipinski definition) is 8. The third-order valence-corrected chi connectivity index (χ3v) is 5.50. The van der Waals surface area contributed by atoms with Crippen molar-refractivity contribution in [2.24, 2.45) is 0 Å². The number of hydrogen-bond donors (Lipinski definition) is 2. The fourth-order valence-corrected chi connectivity index (χ4v) is 3.64. The van der Waals surface area contributed by atoms with Crippen molar-refractivity contribution in [3.8, 4) is 23.4 Å². The van der Waals surface area contributed by atoms with Gasteiger partial charge in [0.25, 0.3) is 0 Å². The second-order valence-electron chi connectivity index (χ2n) is 7.75. The van der Waals surface area contributed by atoms with E-state index in [9.17, 15) is 5.11 Å². The Morgan fingerprint density at radius 1 is 1.09 bits per heavy atom. The highest BCUT2D eigenvalue weighted by Crippen LogP contribution is 2.21. The van der Waals surface area contributed by atoms with Crippen LogP contribution in [0.15, 0.2) is 53.3 Å². The number of nitrogens with zero attached hydrogens (tertiary/aromatic N) is 6. The van der Waals surface area contributed by atoms with E-state index in [1.807, 2.05) is 24.3 Å². The number of rotatable bonds is 3. The molecule has 9 heteroatoms. The van der Waals surface area contributed by atoms with Crippen LogP contribution >= 0.6 is 0 Å². The van der Waals surface area contributed by atoms with Crippen LogP contribution in [0.1, 0.15) is 17.4 Å². The van der Waals surface area contributed by atoms with Gasteiger partial charge < -0.3 is 25.1 Å². The number of nitrogens with two attached hydrogens (primary N) is 1. The zero-order chi connectivity index (χ0) is 22.1. The highest BCUT2D eigenvalue weighted by atomic mass is 16.3. The van der Waals surface area contributed by atoms with E-state index in [-0.39, 0.29) is 5.82 Å². The molecule has 4 heterocycles. The van der Waals surface area contributed by atoms with Crippen molar-refractivity contribution in [1.82, 2.24) is 24.5 Å². The van der Waals surface area contributed by atoms with E-state index in [1.54, 1.807) is 24.6 Å². The summed E-state index contributed by atoms with van der Waals surface area (Å²) >= 11 is 0. The van der Waals surface area contributed by atoms with Gasteiger partial charge in [-0.05, 0) is 42.8 Å². The van der Waals surface area contributed by atoms with Crippen LogP contribution < -0.4 is 10.6 Å². The monoisotopic (exact) mass is 429 g/mol. The molecule has 0 bridgehead atoms. The first kappa shape index (κ1) is 20.1. The van der Waals surface area contributed by atoms with E-state index < -0.39 is 6.10 Å². The number of fused-ring (bicyclic) bond motifs is 1. The largest absolute Gasteiger partial charge is 0.461 e. The summed E-state index contributed by atoms with van der Waals surface area (Å²) in [6.45, 7) is 4.09. The van der Waals surface area contributed by atoms with Crippen molar-refractivity contribution in [2.75, 3.05) is 43.9 Å². The molecule has 1 fully saturated rings. The molecule has 5 rings (SSSR count). The number of benzene rings is 1. The average molecular weight is 429 g/mol. The summed E-state index contributed by atoms with van der Waals surface area (Å²) < 4.78 is 6.85. The van der Waals surface area contributed by atoms with E-state index in [0.717, 1.165) is 37.4 Å². The lowest BCUT2D eigenvalue weighted by Gasteiger charge is -2.34. The molecule has 0 aliphatic carbocycles. The lowest BCUT2D eigenvalue weighted by atomic mass is 10.1. The minimum Gasteiger partial charge on any atom is -0.461 e. The van der Waals surface area contributed by atoms with Crippen LogP contribution in [0, 0.1) is 11.8 Å². The molecule has 1 unspecified atom stereocenters. The van der Waals surface area contributed by atoms with Crippen LogP contribution in [0.2, 0.25) is 0 Å². The van der Waals surface area contributed by atoms with Crippen molar-refractivity contribution < 1.29 is 9.52 Å². The number of aromatic nitrogens is 4. The standard InChI is InChI=1S/C23H23N7O2/c1-28-10-12-29(13-11-28)18-7-4-16(5-8-18)19(31)9-6-17-15-30-23(21(24)25-17)26-22(27-30)20-3-2-14-32-20/h2-5,7-8,14-15,19,31H,10-13H2,1H3,(H2,24,25). The second kappa shape index (κ2) is 8.34. The molecule has 0 amide bonds. The summed E-state index contributed by atoms with van der Waals surface area (Å²) in [7, 11) is 2.14. The van der Waals surface area contributed by atoms with Gasteiger partial charge >= 0.3 is 0 Å². The first-order chi connectivity index (χ1) is 15.6. The van der Waals surface area contributed by atoms with Crippen molar-refractivity contribution in [2.45, 2.75) is 6.10 Å². The minimum absolute atomic E-state index is 0.202. The Morgan fingerprint density at radius 3 is 2.59 bits per heavy atom. The van der Waals surface area contributed by atoms with Crippen LogP contribution in [0.25, 0.3) is 17.2 Å². The van der Waals surface area contributed by atoms with Gasteiger partial charge in [-0.1, -0.05) is 18.1 Å². The zero-order valence-corrected chi connectivity index (χ0v) is 17.6. The first-order valence-corrected chi connectivity index (χ1v) is 10.4. The van der Waals surface area contributed by atoms with Crippen LogP contribution in [0.3, 0.4) is 0 Å². The summed E-state index contributed by atoms with van der Waals surface area (Å²) in [6, 6.07) is 11.4. The summed E-state index contributed by atoms with van der Waals surface area (Å²) in [5.41, 5.74) is 8.72. The van der Waals surface area contributed by atoms with E-state index in [0.29, 0.717) is 22.9 Å². The highest BCUT2D eigenvalue weighted by Gasteiger charge is 2.15. The number of anilines is 2. The maximum atomic E-state index is 10.5. The molecule has 0 saturated carbocycles. The second-order valence-corrected chi connectivity index (χ2v) is 7.75. The Labute approximate surface area is 185 Å². The summed E-state index contributed by atoms with van der Waals surface area (Å²) in [5.74, 6) is 6.87. The molecule has 3 aromatic heterocycles. The quantitative estimate of drug-likeness (QED) is 0.475. The lowest BCUT2D eigenvalue weighted by Crippen LogP contribution is -2.44. The van der Waals surface area contributed by atoms with Gasteiger partial charge in [0.1, 0.15) is 11.8 Å². The molecule has 0 radical (unpaired) electrons. The average Bonchev–Trinajstić information content (AvgIpc) is 3.48. The molecule has 1 atom stereocenters. The fraction of sp³-hybridized carbons (Fsp3) is 0.261. The molecule has 4 aromatic rings. The van der Waals surface area contributed by atoms with Crippen LogP contribution in [0.4, 0.5) is 11.5 Å². The Hall–Kier alpha value is -3.87. The van der Waals surface area contributed by atoms with Crippen molar-refractivity contribution in [1.29, 1.82) is 0 Å². The number of nitrogen functional groups attached to an aromatic ring is 1. The molecular weight excluding hydrogens is 406 g/mol. The van der Waals surface area contributed by atoms with Crippen molar-refractivity contribution in [3.05, 3.63) is 60.1 Å². The summed E-state index contributed by atoms with van der Waals surface area (Å²) in [4.78, 5) is 13.3. The van der Waals surface area contributed by atoms with Crippen LogP contribution in [-0.4, -0.2) is 62.8 Å². The molecule has 0 spiro atoms. The maximum Gasteiger partial charge on any atom is 0.218 e. The number of aliphatic hydroxyl groups excluding tert-OH is 1. The number of likely N-dealkylation sites (N-methyl/N-ethyl adjacent to an activating group) is 1. The van der Waals surface area contributed by atoms with Crippen LogP contribution in [0.5, 0.6) is 0 Å². The highest BCUT2D eigenvalue weighted by molar-refractivity contribution is 5.64. The molecular formula is C23H23N7O2. The molecule has 32 heavy (non-hydrogen) atoms. The third kappa shape index (κ3) is 4.01. The maximum absolute atomic E-state index is 10.5. The Kier molecular flexibility index (Phi) is 5.23. The molecule has 3 N–H and O–H groups in total. The predicted octanol–water partition coefficient (Wildman–Crippen LogP) is 1.80. The minimum atomic E-state index is -0.940. The lowest BCUT2D eigenvalue weighted by molar-refractivity contribution is 0.238. The number of piperazine rings is 1. The van der Waals surface area contributed by atoms with Gasteiger partial charge in [-0.3, -0.25) is 0 Å². The van der Waals surface area contributed by atoms with Gasteiger partial charge in [-0.25, -0.2) is 14.5 Å². The van der Waals surface area contributed by atoms with Gasteiger partial charge in [0, 0.05) is 31.9 Å². The molecule has 1 aromatic carbocycles. The van der Waals surface area contributed by atoms with Crippen molar-refractivity contribution in [3.63, 3.8) is 0 Å². The van der Waals surface area contributed by atoms with Gasteiger partial charge in [0.15, 0.2) is 17.2 Å². The van der Waals surface area contributed by atoms with E-state index >= 15 is 0 Å². The van der Waals surface area contributed by atoms with Gasteiger partial charge in [-0.15, -0.1) is 5.10 Å². The van der Waals surface area contributed by atoms with E-state index in [2.05, 4.69) is 43.8 Å². The first-order valence-electron chi connectivity index (χ1n) is 10.4. The Balaban J connectivity index is 1.33. The van der Waals surface area contributed by atoms with Crippen molar-refractivity contribution >= 4 is 17.2 Å². The number of aliphatic hydroxyl groups is 1. The van der Waals surface area contributed by atoms with Gasteiger partial charge in [0.05, 0.1) is 12.5 Å². The molecule has 162 valence electrons. The zero-order valence-electron chi connectivity index (χ0n) is 17.6. The van der Waals surface area contributed by atoms with E-state index in [1.165, 1.54) is 4.52 Å². The predicted molar refractivity (Wildman–Crippen MR) is 121 cm³/mol. The smallest absolute Gasteiger partial charge is 0.218 e. The topological polar surface area (TPSA) is 109 Å². The molecule has 1 aliphatic rings. The fourth-order valence-electron chi connectivity index (χ4n) is 3.64. The van der Waals surface area contributed by atoms with Gasteiger partial charge in [-0.2, -0.15) is 0 Å². The normalized spacial score (nSPS) is 15.5. The van der Waals surface area contributed by atoms with E-state index in [4.69, 9.17) is 10.2 Å². The molecule has 1 saturated heterocycles. The van der Waals surface area contributed by atoms with Gasteiger partial charge in [0.2, 0.25) is 5.82 Å². The molecule has 1 aliphatic heterocycles. The SMILES string of the molecule is CN1CCN(c2ccc(C(O)C#Cc3cn4nc(-c5ccco5)nc4c(N)n3)cc2)CC1. The number of furan rings is 1. The third-order valence-electron chi connectivity index (χ3n) is 5.50. The Morgan fingerprint density at radius 2 is 1.88 bits per heavy atom.